The van der Waals surface area contributed by atoms with Crippen molar-refractivity contribution in [1.82, 2.24) is 14.9 Å². The zero-order valence-electron chi connectivity index (χ0n) is 16.7. The number of ether oxygens (including phenoxy) is 2. The third-order valence-electron chi connectivity index (χ3n) is 5.34. The van der Waals surface area contributed by atoms with Crippen LogP contribution in [0.4, 0.5) is 0 Å². The molecule has 1 atom stereocenters. The normalized spacial score (nSPS) is 14.4. The highest BCUT2D eigenvalue weighted by Crippen LogP contribution is 2.34. The first-order valence-electron chi connectivity index (χ1n) is 9.74. The molecule has 1 N–H and O–H groups in total. The number of fused-ring (bicyclic) bond motifs is 2. The standard InChI is InChI=1S/C22H21N3O3S2/c1-13(25(2)11-14-5-6-16-17(10-14)28-8-7-27-16)20-23-21(26)19-15(12-30-22(19)24-20)18-4-3-9-29-18/h3-6,9-10,12-13H,7-8,11H2,1-2H3,(H,23,24,26)/t13-/m1/s1. The fraction of sp³-hybridized carbons (Fsp3) is 0.273. The Labute approximate surface area is 181 Å². The van der Waals surface area contributed by atoms with Crippen LogP contribution in [0.15, 0.2) is 45.9 Å². The van der Waals surface area contributed by atoms with Crippen molar-refractivity contribution < 1.29 is 9.47 Å². The molecule has 0 radical (unpaired) electrons. The zero-order chi connectivity index (χ0) is 20.7. The first-order valence-corrected chi connectivity index (χ1v) is 11.5. The van der Waals surface area contributed by atoms with Gasteiger partial charge < -0.3 is 14.5 Å². The predicted molar refractivity (Wildman–Crippen MR) is 121 cm³/mol. The Morgan fingerprint density at radius 2 is 2.03 bits per heavy atom. The third-order valence-corrected chi connectivity index (χ3v) is 7.12. The van der Waals surface area contributed by atoms with E-state index < -0.39 is 0 Å². The Morgan fingerprint density at radius 1 is 1.20 bits per heavy atom. The van der Waals surface area contributed by atoms with Gasteiger partial charge in [-0.1, -0.05) is 12.1 Å². The summed E-state index contributed by atoms with van der Waals surface area (Å²) in [6, 6.07) is 9.98. The average molecular weight is 440 g/mol. The molecule has 4 aromatic rings. The molecule has 0 fully saturated rings. The molecule has 0 aliphatic carbocycles. The number of aromatic nitrogens is 2. The van der Waals surface area contributed by atoms with E-state index in [1.165, 1.54) is 11.3 Å². The molecule has 154 valence electrons. The fourth-order valence-corrected chi connectivity index (χ4v) is 5.37. The van der Waals surface area contributed by atoms with E-state index in [1.807, 2.05) is 48.1 Å². The molecule has 5 rings (SSSR count). The fourth-order valence-electron chi connectivity index (χ4n) is 3.60. The van der Waals surface area contributed by atoms with Gasteiger partial charge in [-0.2, -0.15) is 0 Å². The SMILES string of the molecule is C[C@H](c1nc2scc(-c3cccs3)c2c(=O)[nH]1)N(C)Cc1ccc2c(c1)OCCO2. The predicted octanol–water partition coefficient (Wildman–Crippen LogP) is 4.68. The minimum atomic E-state index is -0.0840. The molecule has 0 unspecified atom stereocenters. The Hall–Kier alpha value is -2.68. The van der Waals surface area contributed by atoms with Crippen LogP contribution in [-0.2, 0) is 6.54 Å². The number of hydrogen-bond donors (Lipinski definition) is 1. The highest BCUT2D eigenvalue weighted by atomic mass is 32.1. The van der Waals surface area contributed by atoms with Crippen molar-refractivity contribution in [3.63, 3.8) is 0 Å². The van der Waals surface area contributed by atoms with Gasteiger partial charge in [0.1, 0.15) is 23.9 Å². The van der Waals surface area contributed by atoms with Gasteiger partial charge in [-0.25, -0.2) is 4.98 Å². The smallest absolute Gasteiger partial charge is 0.260 e. The monoisotopic (exact) mass is 439 g/mol. The van der Waals surface area contributed by atoms with Gasteiger partial charge in [-0.15, -0.1) is 22.7 Å². The molecule has 0 amide bonds. The summed E-state index contributed by atoms with van der Waals surface area (Å²) < 4.78 is 11.3. The molecule has 6 nitrogen and oxygen atoms in total. The first-order chi connectivity index (χ1) is 14.6. The maximum absolute atomic E-state index is 12.9. The van der Waals surface area contributed by atoms with Gasteiger partial charge in [0, 0.05) is 22.4 Å². The summed E-state index contributed by atoms with van der Waals surface area (Å²) in [6.07, 6.45) is 0. The lowest BCUT2D eigenvalue weighted by atomic mass is 10.1. The van der Waals surface area contributed by atoms with E-state index in [0.29, 0.717) is 31.0 Å². The van der Waals surface area contributed by atoms with Crippen LogP contribution in [-0.4, -0.2) is 35.1 Å². The number of nitrogens with one attached hydrogen (secondary N) is 1. The van der Waals surface area contributed by atoms with Gasteiger partial charge in [0.05, 0.1) is 11.4 Å². The summed E-state index contributed by atoms with van der Waals surface area (Å²) in [6.45, 7) is 3.91. The molecule has 1 aliphatic heterocycles. The topological polar surface area (TPSA) is 67.5 Å². The number of H-pyrrole nitrogens is 1. The van der Waals surface area contributed by atoms with E-state index in [1.54, 1.807) is 11.3 Å². The molecule has 3 aromatic heterocycles. The van der Waals surface area contributed by atoms with Gasteiger partial charge >= 0.3 is 0 Å². The molecule has 4 heterocycles. The maximum Gasteiger partial charge on any atom is 0.260 e. The summed E-state index contributed by atoms with van der Waals surface area (Å²) in [5.74, 6) is 2.25. The maximum atomic E-state index is 12.9. The van der Waals surface area contributed by atoms with E-state index in [0.717, 1.165) is 32.3 Å². The first kappa shape index (κ1) is 19.3. The highest BCUT2D eigenvalue weighted by Gasteiger charge is 2.20. The second-order valence-electron chi connectivity index (χ2n) is 7.33. The summed E-state index contributed by atoms with van der Waals surface area (Å²) in [7, 11) is 2.02. The van der Waals surface area contributed by atoms with E-state index in [9.17, 15) is 4.79 Å². The minimum Gasteiger partial charge on any atom is -0.486 e. The Morgan fingerprint density at radius 3 is 2.83 bits per heavy atom. The van der Waals surface area contributed by atoms with Crippen LogP contribution in [0.25, 0.3) is 20.7 Å². The van der Waals surface area contributed by atoms with E-state index in [4.69, 9.17) is 14.5 Å². The Balaban J connectivity index is 1.40. The van der Waals surface area contributed by atoms with Gasteiger partial charge in [0.2, 0.25) is 0 Å². The van der Waals surface area contributed by atoms with Gasteiger partial charge in [0.15, 0.2) is 11.5 Å². The third kappa shape index (κ3) is 3.51. The van der Waals surface area contributed by atoms with E-state index in [2.05, 4.69) is 16.8 Å². The highest BCUT2D eigenvalue weighted by molar-refractivity contribution is 7.18. The molecule has 0 spiro atoms. The number of thiophene rings is 2. The molecule has 0 saturated heterocycles. The number of benzene rings is 1. The molecule has 30 heavy (non-hydrogen) atoms. The second-order valence-corrected chi connectivity index (χ2v) is 9.13. The number of aromatic amines is 1. The van der Waals surface area contributed by atoms with Crippen molar-refractivity contribution in [2.45, 2.75) is 19.5 Å². The molecule has 1 aliphatic rings. The summed E-state index contributed by atoms with van der Waals surface area (Å²) in [4.78, 5) is 24.7. The number of rotatable bonds is 5. The van der Waals surface area contributed by atoms with Crippen LogP contribution >= 0.6 is 22.7 Å². The largest absolute Gasteiger partial charge is 0.486 e. The van der Waals surface area contributed by atoms with E-state index >= 15 is 0 Å². The molecule has 0 saturated carbocycles. The molecule has 1 aromatic carbocycles. The van der Waals surface area contributed by atoms with Crippen LogP contribution in [0.2, 0.25) is 0 Å². The molecular formula is C22H21N3O3S2. The van der Waals surface area contributed by atoms with E-state index in [-0.39, 0.29) is 11.6 Å². The van der Waals surface area contributed by atoms with Gasteiger partial charge in [0.25, 0.3) is 5.56 Å². The van der Waals surface area contributed by atoms with Crippen LogP contribution in [0.5, 0.6) is 11.5 Å². The zero-order valence-corrected chi connectivity index (χ0v) is 18.3. The minimum absolute atomic E-state index is 0.0532. The average Bonchev–Trinajstić information content (AvgIpc) is 3.43. The molecule has 8 heteroatoms. The lowest BCUT2D eigenvalue weighted by Gasteiger charge is -2.25. The summed E-state index contributed by atoms with van der Waals surface area (Å²) >= 11 is 3.14. The van der Waals surface area contributed by atoms with Crippen LogP contribution < -0.4 is 15.0 Å². The van der Waals surface area contributed by atoms with Crippen molar-refractivity contribution in [1.29, 1.82) is 0 Å². The van der Waals surface area contributed by atoms with Gasteiger partial charge in [-0.05, 0) is 43.1 Å². The van der Waals surface area contributed by atoms with Crippen molar-refractivity contribution in [2.75, 3.05) is 20.3 Å². The molecule has 0 bridgehead atoms. The van der Waals surface area contributed by atoms with Crippen molar-refractivity contribution in [3.05, 3.63) is 62.8 Å². The van der Waals surface area contributed by atoms with Crippen LogP contribution in [0, 0.1) is 0 Å². The Kier molecular flexibility index (Phi) is 5.06. The summed E-state index contributed by atoms with van der Waals surface area (Å²) in [5.41, 5.74) is 2.00. The van der Waals surface area contributed by atoms with Crippen LogP contribution in [0.1, 0.15) is 24.4 Å². The lowest BCUT2D eigenvalue weighted by Crippen LogP contribution is -2.26. The number of hydrogen-bond acceptors (Lipinski definition) is 7. The molecular weight excluding hydrogens is 418 g/mol. The van der Waals surface area contributed by atoms with Crippen molar-refractivity contribution >= 4 is 32.9 Å². The van der Waals surface area contributed by atoms with Crippen LogP contribution in [0.3, 0.4) is 0 Å². The van der Waals surface area contributed by atoms with Gasteiger partial charge in [-0.3, -0.25) is 9.69 Å². The summed E-state index contributed by atoms with van der Waals surface area (Å²) in [5, 5.41) is 4.71. The van der Waals surface area contributed by atoms with Crippen molar-refractivity contribution in [3.8, 4) is 21.9 Å². The number of nitrogens with zero attached hydrogens (tertiary/aromatic N) is 2. The lowest BCUT2D eigenvalue weighted by molar-refractivity contribution is 0.171. The van der Waals surface area contributed by atoms with Crippen molar-refractivity contribution in [2.24, 2.45) is 0 Å². The second kappa shape index (κ2) is 7.86. The quantitative estimate of drug-likeness (QED) is 0.489. The Bertz CT molecular complexity index is 1250.